The van der Waals surface area contributed by atoms with Crippen molar-refractivity contribution in [3.8, 4) is 0 Å². The van der Waals surface area contributed by atoms with E-state index in [1.807, 2.05) is 0 Å². The number of nitro groups is 1. The quantitative estimate of drug-likeness (QED) is 0.686. The lowest BCUT2D eigenvalue weighted by atomic mass is 10.3. The molecule has 2 rings (SSSR count). The zero-order valence-corrected chi connectivity index (χ0v) is 11.7. The Morgan fingerprint density at radius 1 is 1.29 bits per heavy atom. The smallest absolute Gasteiger partial charge is 0.401 e. The predicted octanol–water partition coefficient (Wildman–Crippen LogP) is 2.53. The van der Waals surface area contributed by atoms with Crippen molar-refractivity contribution >= 4 is 42.2 Å². The number of hydrogen-bond donors (Lipinski definition) is 1. The first-order chi connectivity index (χ1) is 9.54. The van der Waals surface area contributed by atoms with Gasteiger partial charge in [0.2, 0.25) is 5.91 Å². The van der Waals surface area contributed by atoms with E-state index < -0.39 is 4.92 Å². The van der Waals surface area contributed by atoms with Gasteiger partial charge in [0.05, 0.1) is 11.8 Å². The molecule has 0 aliphatic carbocycles. The Morgan fingerprint density at radius 2 is 2.05 bits per heavy atom. The molecule has 9 heteroatoms. The Hall–Kier alpha value is -2.74. The average molecular weight is 311 g/mol. The standard InChI is InChI=1S/C12H10N4O4.ClH/c1-8(17)13-11-6-3-9(14-15-11)2-4-10-5-7-12(20-10)16(18)19;/h2-7H,1H3,(H,13,15,17);1H/b4-2+;. The molecule has 0 aliphatic rings. The zero-order valence-electron chi connectivity index (χ0n) is 10.8. The van der Waals surface area contributed by atoms with E-state index in [0.29, 0.717) is 17.3 Å². The lowest BCUT2D eigenvalue weighted by Gasteiger charge is -1.98. The van der Waals surface area contributed by atoms with Crippen molar-refractivity contribution in [2.45, 2.75) is 6.92 Å². The largest absolute Gasteiger partial charge is 0.433 e. The number of hydrogen-bond acceptors (Lipinski definition) is 6. The highest BCUT2D eigenvalue weighted by Gasteiger charge is 2.09. The van der Waals surface area contributed by atoms with Gasteiger partial charge in [-0.25, -0.2) is 0 Å². The van der Waals surface area contributed by atoms with Gasteiger partial charge in [0.1, 0.15) is 10.7 Å². The number of nitrogens with zero attached hydrogens (tertiary/aromatic N) is 3. The lowest BCUT2D eigenvalue weighted by Crippen LogP contribution is -2.07. The van der Waals surface area contributed by atoms with Crippen LogP contribution in [0.5, 0.6) is 0 Å². The third-order valence-electron chi connectivity index (χ3n) is 2.20. The fourth-order valence-corrected chi connectivity index (χ4v) is 1.38. The van der Waals surface area contributed by atoms with E-state index in [-0.39, 0.29) is 24.2 Å². The molecule has 0 saturated carbocycles. The van der Waals surface area contributed by atoms with Gasteiger partial charge in [0.15, 0.2) is 5.82 Å². The molecule has 0 aromatic carbocycles. The Balaban J connectivity index is 0.00000220. The van der Waals surface area contributed by atoms with Crippen LogP contribution in [0.2, 0.25) is 0 Å². The molecule has 0 unspecified atom stereocenters. The molecular weight excluding hydrogens is 300 g/mol. The van der Waals surface area contributed by atoms with Crippen LogP contribution in [0.1, 0.15) is 18.4 Å². The molecule has 8 nitrogen and oxygen atoms in total. The van der Waals surface area contributed by atoms with Gasteiger partial charge in [-0.15, -0.1) is 22.6 Å². The minimum atomic E-state index is -0.612. The maximum absolute atomic E-state index is 10.8. The van der Waals surface area contributed by atoms with E-state index in [0.717, 1.165) is 0 Å². The van der Waals surface area contributed by atoms with E-state index >= 15 is 0 Å². The summed E-state index contributed by atoms with van der Waals surface area (Å²) in [5, 5.41) is 20.6. The molecule has 0 spiro atoms. The summed E-state index contributed by atoms with van der Waals surface area (Å²) in [6, 6.07) is 5.99. The van der Waals surface area contributed by atoms with Crippen LogP contribution >= 0.6 is 12.4 Å². The van der Waals surface area contributed by atoms with E-state index in [4.69, 9.17) is 4.42 Å². The average Bonchev–Trinajstić information content (AvgIpc) is 2.86. The Kier molecular flexibility index (Phi) is 5.56. The number of aromatic nitrogens is 2. The molecule has 0 saturated heterocycles. The van der Waals surface area contributed by atoms with E-state index in [1.54, 1.807) is 18.2 Å². The highest BCUT2D eigenvalue weighted by atomic mass is 35.5. The van der Waals surface area contributed by atoms with Crippen LogP contribution < -0.4 is 5.32 Å². The first-order valence-electron chi connectivity index (χ1n) is 5.58. The van der Waals surface area contributed by atoms with E-state index in [9.17, 15) is 14.9 Å². The Labute approximate surface area is 125 Å². The molecule has 0 bridgehead atoms. The number of anilines is 1. The number of furan rings is 1. The van der Waals surface area contributed by atoms with E-state index in [2.05, 4.69) is 15.5 Å². The second-order valence-electron chi connectivity index (χ2n) is 3.79. The van der Waals surface area contributed by atoms with Gasteiger partial charge in [0.25, 0.3) is 0 Å². The van der Waals surface area contributed by atoms with Crippen molar-refractivity contribution < 1.29 is 14.1 Å². The fraction of sp³-hybridized carbons (Fsp3) is 0.0833. The monoisotopic (exact) mass is 310 g/mol. The molecule has 0 fully saturated rings. The minimum absolute atomic E-state index is 0. The lowest BCUT2D eigenvalue weighted by molar-refractivity contribution is -0.402. The summed E-state index contributed by atoms with van der Waals surface area (Å²) in [7, 11) is 0. The van der Waals surface area contributed by atoms with Gasteiger partial charge >= 0.3 is 5.88 Å². The van der Waals surface area contributed by atoms with Crippen molar-refractivity contribution in [3.05, 3.63) is 45.8 Å². The van der Waals surface area contributed by atoms with Gasteiger partial charge in [-0.3, -0.25) is 14.9 Å². The van der Waals surface area contributed by atoms with Crippen LogP contribution in [0.4, 0.5) is 11.7 Å². The normalized spacial score (nSPS) is 10.1. The summed E-state index contributed by atoms with van der Waals surface area (Å²) >= 11 is 0. The van der Waals surface area contributed by atoms with Crippen LogP contribution in [-0.4, -0.2) is 21.0 Å². The molecule has 2 aromatic heterocycles. The van der Waals surface area contributed by atoms with Crippen molar-refractivity contribution in [1.29, 1.82) is 0 Å². The molecule has 0 aliphatic heterocycles. The molecule has 2 heterocycles. The van der Waals surface area contributed by atoms with Crippen molar-refractivity contribution in [2.24, 2.45) is 0 Å². The molecule has 1 amide bonds. The minimum Gasteiger partial charge on any atom is -0.401 e. The van der Waals surface area contributed by atoms with Gasteiger partial charge in [-0.05, 0) is 30.4 Å². The number of rotatable bonds is 4. The summed E-state index contributed by atoms with van der Waals surface area (Å²) in [5.41, 5.74) is 0.526. The summed E-state index contributed by atoms with van der Waals surface area (Å²) < 4.78 is 4.95. The van der Waals surface area contributed by atoms with Crippen LogP contribution in [0, 0.1) is 10.1 Å². The van der Waals surface area contributed by atoms with Crippen LogP contribution in [0.3, 0.4) is 0 Å². The number of carbonyl (C=O) groups is 1. The maximum atomic E-state index is 10.8. The van der Waals surface area contributed by atoms with Gasteiger partial charge in [-0.2, -0.15) is 0 Å². The van der Waals surface area contributed by atoms with Crippen molar-refractivity contribution in [2.75, 3.05) is 5.32 Å². The first kappa shape index (κ1) is 16.3. The molecule has 110 valence electrons. The molecule has 1 N–H and O–H groups in total. The SMILES string of the molecule is CC(=O)Nc1ccc(/C=C/c2ccc([N+](=O)[O-])o2)nn1.Cl. The van der Waals surface area contributed by atoms with Gasteiger partial charge in [-0.1, -0.05) is 0 Å². The number of nitrogens with one attached hydrogen (secondary N) is 1. The molecule has 0 radical (unpaired) electrons. The topological polar surface area (TPSA) is 111 Å². The summed E-state index contributed by atoms with van der Waals surface area (Å²) in [6.45, 7) is 1.37. The highest BCUT2D eigenvalue weighted by Crippen LogP contribution is 2.17. The zero-order chi connectivity index (χ0) is 14.5. The second-order valence-corrected chi connectivity index (χ2v) is 3.79. The van der Waals surface area contributed by atoms with Crippen molar-refractivity contribution in [3.63, 3.8) is 0 Å². The second kappa shape index (κ2) is 7.15. The van der Waals surface area contributed by atoms with Crippen LogP contribution in [-0.2, 0) is 4.79 Å². The van der Waals surface area contributed by atoms with Gasteiger partial charge in [0, 0.05) is 6.92 Å². The summed E-state index contributed by atoms with van der Waals surface area (Å²) in [4.78, 5) is 20.6. The van der Waals surface area contributed by atoms with Crippen molar-refractivity contribution in [1.82, 2.24) is 10.2 Å². The number of amides is 1. The van der Waals surface area contributed by atoms with Crippen LogP contribution in [0.15, 0.2) is 28.7 Å². The molecule has 21 heavy (non-hydrogen) atoms. The third-order valence-corrected chi connectivity index (χ3v) is 2.20. The Bertz CT molecular complexity index is 666. The van der Waals surface area contributed by atoms with E-state index in [1.165, 1.54) is 25.1 Å². The Morgan fingerprint density at radius 3 is 2.57 bits per heavy atom. The third kappa shape index (κ3) is 4.69. The predicted molar refractivity (Wildman–Crippen MR) is 77.9 cm³/mol. The first-order valence-corrected chi connectivity index (χ1v) is 5.58. The van der Waals surface area contributed by atoms with Crippen LogP contribution in [0.25, 0.3) is 12.2 Å². The number of carbonyl (C=O) groups excluding carboxylic acids is 1. The molecule has 2 aromatic rings. The number of halogens is 1. The molecular formula is C12H11ClN4O4. The maximum Gasteiger partial charge on any atom is 0.433 e. The highest BCUT2D eigenvalue weighted by molar-refractivity contribution is 5.87. The summed E-state index contributed by atoms with van der Waals surface area (Å²) in [6.07, 6.45) is 3.13. The summed E-state index contributed by atoms with van der Waals surface area (Å²) in [5.74, 6) is 0.134. The fourth-order valence-electron chi connectivity index (χ4n) is 1.38. The van der Waals surface area contributed by atoms with Gasteiger partial charge < -0.3 is 9.73 Å². The molecule has 0 atom stereocenters.